The molecular formula is C13H13Cl4N4OP3. The van der Waals surface area contributed by atoms with Crippen LogP contribution >= 0.6 is 64.4 Å². The molecule has 5 nitrogen and oxygen atoms in total. The van der Waals surface area contributed by atoms with Crippen molar-refractivity contribution in [2.24, 2.45) is 13.5 Å². The Morgan fingerprint density at radius 1 is 1.00 bits per heavy atom. The van der Waals surface area contributed by atoms with E-state index in [1.807, 2.05) is 35.9 Å². The first kappa shape index (κ1) is 18.7. The van der Waals surface area contributed by atoms with Crippen molar-refractivity contribution in [3.63, 3.8) is 0 Å². The van der Waals surface area contributed by atoms with E-state index in [1.165, 1.54) is 0 Å². The molecule has 0 fully saturated rings. The summed E-state index contributed by atoms with van der Waals surface area (Å²) < 4.78 is 21.6. The molecule has 0 aliphatic carbocycles. The third-order valence-electron chi connectivity index (χ3n) is 3.92. The maximum atomic E-state index is 6.41. The van der Waals surface area contributed by atoms with Crippen LogP contribution in [0.2, 0.25) is 0 Å². The molecular weight excluding hydrogens is 463 g/mol. The van der Waals surface area contributed by atoms with E-state index in [0.717, 1.165) is 22.1 Å². The van der Waals surface area contributed by atoms with Gasteiger partial charge in [0.05, 0.1) is 0 Å². The number of nitrogens with zero attached hydrogens (tertiary/aromatic N) is 4. The summed E-state index contributed by atoms with van der Waals surface area (Å²) in [6.45, 7) is 3.26. The summed E-state index contributed by atoms with van der Waals surface area (Å²) >= 11 is 25.2. The second-order valence-corrected chi connectivity index (χ2v) is 18.0. The largest absolute Gasteiger partial charge is 0.429 e. The van der Waals surface area contributed by atoms with Gasteiger partial charge in [-0.25, -0.2) is 4.67 Å². The number of hydrogen-bond acceptors (Lipinski definition) is 5. The molecule has 0 amide bonds. The summed E-state index contributed by atoms with van der Waals surface area (Å²) in [5.41, 5.74) is 1.06. The fraction of sp³-hybridized carbons (Fsp3) is 0.231. The maximum Gasteiger partial charge on any atom is 0.333 e. The molecule has 2 heterocycles. The SMILES string of the molecule is CCN1Cc2ccc3ccccc3c2OP12=NP(Cl)(Cl)=NP(Cl)(Cl)=N2. The van der Waals surface area contributed by atoms with E-state index in [0.29, 0.717) is 13.1 Å². The predicted molar refractivity (Wildman–Crippen MR) is 112 cm³/mol. The second-order valence-electron chi connectivity index (χ2n) is 5.54. The quantitative estimate of drug-likeness (QED) is 0.386. The third-order valence-corrected chi connectivity index (χ3v) is 15.7. The van der Waals surface area contributed by atoms with Gasteiger partial charge in [0.25, 0.3) is 11.8 Å². The highest BCUT2D eigenvalue weighted by Crippen LogP contribution is 2.86. The van der Waals surface area contributed by atoms with Crippen LogP contribution < -0.4 is 4.52 Å². The Bertz CT molecular complexity index is 1040. The van der Waals surface area contributed by atoms with Crippen LogP contribution in [0, 0.1) is 0 Å². The van der Waals surface area contributed by atoms with Gasteiger partial charge in [0.2, 0.25) is 0 Å². The first-order valence-electron chi connectivity index (χ1n) is 7.39. The van der Waals surface area contributed by atoms with Crippen molar-refractivity contribution in [3.05, 3.63) is 42.0 Å². The van der Waals surface area contributed by atoms with Gasteiger partial charge in [-0.1, -0.05) is 43.3 Å². The number of hydrogen-bond donors (Lipinski definition) is 0. The molecule has 0 saturated heterocycles. The maximum absolute atomic E-state index is 6.41. The Kier molecular flexibility index (Phi) is 4.80. The normalized spacial score (nSPS) is 26.9. The molecule has 1 atom stereocenters. The van der Waals surface area contributed by atoms with Crippen molar-refractivity contribution < 1.29 is 4.52 Å². The van der Waals surface area contributed by atoms with E-state index in [2.05, 4.69) is 25.7 Å². The van der Waals surface area contributed by atoms with Crippen LogP contribution in [0.25, 0.3) is 10.8 Å². The van der Waals surface area contributed by atoms with Gasteiger partial charge in [-0.3, -0.25) is 0 Å². The molecule has 2 aromatic rings. The summed E-state index contributed by atoms with van der Waals surface area (Å²) in [6, 6.07) is 12.1. The fourth-order valence-corrected chi connectivity index (χ4v) is 18.0. The Hall–Kier alpha value is 0.310. The lowest BCUT2D eigenvalue weighted by atomic mass is 10.1. The molecule has 0 aromatic heterocycles. The molecule has 2 aromatic carbocycles. The van der Waals surface area contributed by atoms with Crippen molar-refractivity contribution in [2.75, 3.05) is 6.54 Å². The van der Waals surface area contributed by atoms with Crippen LogP contribution in [-0.4, -0.2) is 11.2 Å². The van der Waals surface area contributed by atoms with Gasteiger partial charge < -0.3 is 4.52 Å². The van der Waals surface area contributed by atoms with E-state index in [9.17, 15) is 0 Å². The Morgan fingerprint density at radius 2 is 1.72 bits per heavy atom. The standard InChI is InChI=1S/C13H13Cl4N4OP3/c1-2-21-9-11-8-7-10-5-3-4-6-12(10)13(11)22-25(21)19-23(14,15)18-24(16,17)20-25/h3-8H,2,9H2,1H3. The zero-order valence-electron chi connectivity index (χ0n) is 12.9. The molecule has 1 spiro atoms. The topological polar surface area (TPSA) is 49.5 Å². The molecule has 0 bridgehead atoms. The minimum Gasteiger partial charge on any atom is -0.429 e. The van der Waals surface area contributed by atoms with Gasteiger partial charge in [-0.15, -0.1) is 0 Å². The average Bonchev–Trinajstić information content (AvgIpc) is 2.51. The molecule has 1 unspecified atom stereocenters. The minimum atomic E-state index is -3.05. The molecule has 0 radical (unpaired) electrons. The van der Waals surface area contributed by atoms with Crippen LogP contribution in [0.15, 0.2) is 49.9 Å². The predicted octanol–water partition coefficient (Wildman–Crippen LogP) is 8.86. The Balaban J connectivity index is 2.01. The van der Waals surface area contributed by atoms with Gasteiger partial charge in [0.1, 0.15) is 5.75 Å². The van der Waals surface area contributed by atoms with Crippen LogP contribution in [0.1, 0.15) is 12.5 Å². The zero-order valence-corrected chi connectivity index (χ0v) is 18.6. The highest BCUT2D eigenvalue weighted by atomic mass is 35.9. The molecule has 4 rings (SSSR count). The fourth-order valence-electron chi connectivity index (χ4n) is 2.90. The highest BCUT2D eigenvalue weighted by Gasteiger charge is 2.43. The van der Waals surface area contributed by atoms with Gasteiger partial charge in [0.15, 0.2) is 0 Å². The Labute approximate surface area is 165 Å². The zero-order chi connectivity index (χ0) is 17.9. The number of benzene rings is 2. The number of fused-ring (bicyclic) bond motifs is 3. The molecule has 12 heteroatoms. The lowest BCUT2D eigenvalue weighted by molar-refractivity contribution is 0.384. The highest BCUT2D eigenvalue weighted by molar-refractivity contribution is 8.20. The third kappa shape index (κ3) is 3.44. The molecule has 134 valence electrons. The van der Waals surface area contributed by atoms with Crippen LogP contribution in [0.5, 0.6) is 5.75 Å². The van der Waals surface area contributed by atoms with E-state index in [-0.39, 0.29) is 0 Å². The summed E-state index contributed by atoms with van der Waals surface area (Å²) in [6.07, 6.45) is 0. The average molecular weight is 476 g/mol. The van der Waals surface area contributed by atoms with Gasteiger partial charge >= 0.3 is 7.58 Å². The number of halogens is 4. The lowest BCUT2D eigenvalue weighted by Crippen LogP contribution is -2.26. The smallest absolute Gasteiger partial charge is 0.333 e. The summed E-state index contributed by atoms with van der Waals surface area (Å²) in [4.78, 5) is 0. The second kappa shape index (κ2) is 6.43. The first-order valence-corrected chi connectivity index (χ1v) is 16.0. The van der Waals surface area contributed by atoms with Gasteiger partial charge in [-0.2, -0.15) is 13.5 Å². The molecule has 0 N–H and O–H groups in total. The molecule has 25 heavy (non-hydrogen) atoms. The van der Waals surface area contributed by atoms with Crippen LogP contribution in [-0.2, 0) is 6.54 Å². The first-order chi connectivity index (χ1) is 11.7. The summed E-state index contributed by atoms with van der Waals surface area (Å²) in [5, 5.41) is 2.06. The van der Waals surface area contributed by atoms with Gasteiger partial charge in [-0.05, 0) is 50.3 Å². The summed E-state index contributed by atoms with van der Waals surface area (Å²) in [5.74, 6) is -5.35. The molecule has 2 aliphatic heterocycles. The van der Waals surface area contributed by atoms with E-state index in [4.69, 9.17) is 49.5 Å². The van der Waals surface area contributed by atoms with E-state index in [1.54, 1.807) is 0 Å². The molecule has 0 saturated carbocycles. The molecule has 2 aliphatic rings. The van der Waals surface area contributed by atoms with Crippen molar-refractivity contribution in [1.82, 2.24) is 4.67 Å². The van der Waals surface area contributed by atoms with Crippen molar-refractivity contribution in [2.45, 2.75) is 13.5 Å². The number of rotatable bonds is 1. The van der Waals surface area contributed by atoms with Crippen LogP contribution in [0.4, 0.5) is 0 Å². The lowest BCUT2D eigenvalue weighted by Gasteiger charge is -2.39. The van der Waals surface area contributed by atoms with E-state index < -0.39 is 19.4 Å². The van der Waals surface area contributed by atoms with Crippen LogP contribution in [0.3, 0.4) is 0 Å². The van der Waals surface area contributed by atoms with Crippen molar-refractivity contribution >= 4 is 75.1 Å². The van der Waals surface area contributed by atoms with Gasteiger partial charge in [0, 0.05) is 24.0 Å². The van der Waals surface area contributed by atoms with Crippen molar-refractivity contribution in [3.8, 4) is 5.75 Å². The van der Waals surface area contributed by atoms with Crippen molar-refractivity contribution in [1.29, 1.82) is 0 Å². The Morgan fingerprint density at radius 3 is 2.44 bits per heavy atom. The van der Waals surface area contributed by atoms with E-state index >= 15 is 0 Å². The summed E-state index contributed by atoms with van der Waals surface area (Å²) in [7, 11) is -2.91. The minimum absolute atomic E-state index is 0.610. The monoisotopic (exact) mass is 474 g/mol.